The maximum absolute atomic E-state index is 13.0. The van der Waals surface area contributed by atoms with Crippen LogP contribution in [0, 0.1) is 5.92 Å². The van der Waals surface area contributed by atoms with Crippen molar-refractivity contribution in [1.82, 2.24) is 19.3 Å². The maximum Gasteiger partial charge on any atom is 0.214 e. The molecule has 1 aliphatic heterocycles. The number of sulfonamides is 1. The van der Waals surface area contributed by atoms with Gasteiger partial charge in [0.05, 0.1) is 11.9 Å². The number of H-pyrrole nitrogens is 1. The Hall–Kier alpha value is -2.03. The predicted molar refractivity (Wildman–Crippen MR) is 121 cm³/mol. The van der Waals surface area contributed by atoms with Crippen LogP contribution >= 0.6 is 0 Å². The average molecular weight is 443 g/mol. The molecular formula is C23H30N4O3S. The van der Waals surface area contributed by atoms with Crippen LogP contribution in [-0.2, 0) is 14.8 Å². The summed E-state index contributed by atoms with van der Waals surface area (Å²) >= 11 is 0. The fraction of sp³-hybridized carbons (Fsp3) is 0.565. The summed E-state index contributed by atoms with van der Waals surface area (Å²) in [4.78, 5) is 12.3. The molecule has 5 rings (SSSR count). The van der Waals surface area contributed by atoms with Crippen molar-refractivity contribution < 1.29 is 13.2 Å². The van der Waals surface area contributed by atoms with Crippen molar-refractivity contribution in [2.24, 2.45) is 5.92 Å². The third kappa shape index (κ3) is 4.08. The standard InChI is InChI=1S/C23H30N4O3S/c1-30-19-3-2-12-27(14-19)31(28,29)15-16-4-6-17(7-5-16)22-21-18(8-10-24-22)13-26-23-20(21)9-11-25-23/h8-11,13,16-17,19,24H,2-7,12,14-15H2,1H3. The Labute approximate surface area is 183 Å². The topological polar surface area (TPSA) is 88.2 Å². The number of pyridine rings is 2. The molecule has 1 saturated carbocycles. The molecule has 2 fully saturated rings. The van der Waals surface area contributed by atoms with E-state index in [4.69, 9.17) is 4.74 Å². The molecule has 0 amide bonds. The molecule has 8 heteroatoms. The molecule has 1 unspecified atom stereocenters. The van der Waals surface area contributed by atoms with Crippen LogP contribution < -0.4 is 0 Å². The largest absolute Gasteiger partial charge is 0.380 e. The lowest BCUT2D eigenvalue weighted by Gasteiger charge is -2.34. The lowest BCUT2D eigenvalue weighted by Crippen LogP contribution is -2.44. The van der Waals surface area contributed by atoms with Gasteiger partial charge in [-0.25, -0.2) is 18.4 Å². The third-order valence-electron chi connectivity index (χ3n) is 7.10. The normalized spacial score (nSPS) is 25.9. The summed E-state index contributed by atoms with van der Waals surface area (Å²) in [6.45, 7) is 1.12. The highest BCUT2D eigenvalue weighted by atomic mass is 32.2. The van der Waals surface area contributed by atoms with Crippen LogP contribution in [0.25, 0.3) is 21.8 Å². The van der Waals surface area contributed by atoms with Gasteiger partial charge in [-0.15, -0.1) is 0 Å². The van der Waals surface area contributed by atoms with Crippen molar-refractivity contribution in [1.29, 1.82) is 0 Å². The molecule has 1 saturated heterocycles. The van der Waals surface area contributed by atoms with Gasteiger partial charge in [-0.1, -0.05) is 0 Å². The van der Waals surface area contributed by atoms with Crippen molar-refractivity contribution >= 4 is 31.8 Å². The summed E-state index contributed by atoms with van der Waals surface area (Å²) in [6, 6.07) is 4.09. The van der Waals surface area contributed by atoms with Crippen LogP contribution in [0.15, 0.2) is 30.7 Å². The molecule has 0 aromatic carbocycles. The van der Waals surface area contributed by atoms with Crippen LogP contribution in [0.5, 0.6) is 0 Å². The zero-order chi connectivity index (χ0) is 21.4. The number of hydrogen-bond donors (Lipinski definition) is 1. The summed E-state index contributed by atoms with van der Waals surface area (Å²) in [5, 5.41) is 3.42. The summed E-state index contributed by atoms with van der Waals surface area (Å²) < 4.78 is 33.1. The molecule has 166 valence electrons. The van der Waals surface area contributed by atoms with E-state index in [0.29, 0.717) is 19.0 Å². The number of piperidine rings is 1. The van der Waals surface area contributed by atoms with Crippen molar-refractivity contribution in [2.75, 3.05) is 26.0 Å². The van der Waals surface area contributed by atoms with E-state index in [1.54, 1.807) is 11.4 Å². The number of methoxy groups -OCH3 is 1. The summed E-state index contributed by atoms with van der Waals surface area (Å²) in [7, 11) is -1.57. The van der Waals surface area contributed by atoms with Crippen LogP contribution in [0.2, 0.25) is 0 Å². The van der Waals surface area contributed by atoms with Crippen molar-refractivity contribution in [2.45, 2.75) is 50.5 Å². The first-order chi connectivity index (χ1) is 15.0. The average Bonchev–Trinajstić information content (AvgIpc) is 3.28. The SMILES string of the molecule is COC1CCCN(S(=O)(=O)CC2CCC(c3[nH]ccc4cnc5nccc5c34)CC2)C1. The first kappa shape index (κ1) is 20.8. The molecule has 1 aliphatic carbocycles. The molecule has 2 aliphatic rings. The number of ether oxygens (including phenoxy) is 1. The Kier molecular flexibility index (Phi) is 5.71. The number of aromatic amines is 1. The Morgan fingerprint density at radius 1 is 1.16 bits per heavy atom. The minimum atomic E-state index is -3.24. The Morgan fingerprint density at radius 2 is 2.00 bits per heavy atom. The first-order valence-corrected chi connectivity index (χ1v) is 12.9. The summed E-state index contributed by atoms with van der Waals surface area (Å²) in [5.41, 5.74) is 2.02. The van der Waals surface area contributed by atoms with E-state index < -0.39 is 10.0 Å². The van der Waals surface area contributed by atoms with Gasteiger partial charge in [0.1, 0.15) is 0 Å². The second-order valence-corrected chi connectivity index (χ2v) is 11.0. The van der Waals surface area contributed by atoms with E-state index in [9.17, 15) is 8.42 Å². The number of aromatic nitrogens is 3. The van der Waals surface area contributed by atoms with Gasteiger partial charge in [-0.2, -0.15) is 4.31 Å². The van der Waals surface area contributed by atoms with Gasteiger partial charge < -0.3 is 9.72 Å². The van der Waals surface area contributed by atoms with E-state index >= 15 is 0 Å². The molecule has 1 N–H and O–H groups in total. The van der Waals surface area contributed by atoms with Gasteiger partial charge in [0.2, 0.25) is 10.0 Å². The van der Waals surface area contributed by atoms with Gasteiger partial charge in [-0.05, 0) is 62.5 Å². The second kappa shape index (κ2) is 8.48. The number of hydrogen-bond acceptors (Lipinski definition) is 5. The molecule has 3 aromatic heterocycles. The molecule has 7 nitrogen and oxygen atoms in total. The van der Waals surface area contributed by atoms with Gasteiger partial charge >= 0.3 is 0 Å². The second-order valence-electron chi connectivity index (χ2n) is 9.02. The van der Waals surface area contributed by atoms with Gasteiger partial charge in [0.15, 0.2) is 5.65 Å². The number of nitrogens with one attached hydrogen (secondary N) is 1. The van der Waals surface area contributed by atoms with E-state index in [1.165, 1.54) is 11.1 Å². The van der Waals surface area contributed by atoms with Crippen LogP contribution in [0.4, 0.5) is 0 Å². The minimum absolute atomic E-state index is 0.0261. The Balaban J connectivity index is 1.29. The monoisotopic (exact) mass is 442 g/mol. The smallest absolute Gasteiger partial charge is 0.214 e. The fourth-order valence-corrected chi connectivity index (χ4v) is 7.33. The van der Waals surface area contributed by atoms with Crippen molar-refractivity contribution in [3.05, 3.63) is 36.4 Å². The Bertz CT molecular complexity index is 1170. The lowest BCUT2D eigenvalue weighted by molar-refractivity contribution is 0.0570. The molecule has 3 aromatic rings. The fourth-order valence-electron chi connectivity index (χ4n) is 5.39. The molecule has 0 bridgehead atoms. The molecule has 31 heavy (non-hydrogen) atoms. The molecule has 0 radical (unpaired) electrons. The summed E-state index contributed by atoms with van der Waals surface area (Å²) in [5.74, 6) is 0.883. The number of fused-ring (bicyclic) bond motifs is 3. The minimum Gasteiger partial charge on any atom is -0.380 e. The molecular weight excluding hydrogens is 412 g/mol. The quantitative estimate of drug-likeness (QED) is 0.649. The first-order valence-electron chi connectivity index (χ1n) is 11.3. The van der Waals surface area contributed by atoms with Gasteiger partial charge in [0, 0.05) is 60.6 Å². The van der Waals surface area contributed by atoms with E-state index in [-0.39, 0.29) is 17.8 Å². The number of nitrogens with zero attached hydrogens (tertiary/aromatic N) is 3. The maximum atomic E-state index is 13.0. The van der Waals surface area contributed by atoms with E-state index in [2.05, 4.69) is 21.0 Å². The highest BCUT2D eigenvalue weighted by molar-refractivity contribution is 7.89. The Morgan fingerprint density at radius 3 is 2.81 bits per heavy atom. The van der Waals surface area contributed by atoms with Crippen LogP contribution in [-0.4, -0.2) is 59.7 Å². The zero-order valence-electron chi connectivity index (χ0n) is 18.0. The summed E-state index contributed by atoms with van der Waals surface area (Å²) in [6.07, 6.45) is 11.4. The highest BCUT2D eigenvalue weighted by Gasteiger charge is 2.33. The highest BCUT2D eigenvalue weighted by Crippen LogP contribution is 2.39. The van der Waals surface area contributed by atoms with Gasteiger partial charge in [0.25, 0.3) is 0 Å². The van der Waals surface area contributed by atoms with Crippen molar-refractivity contribution in [3.8, 4) is 0 Å². The molecule has 4 heterocycles. The van der Waals surface area contributed by atoms with E-state index in [1.807, 2.05) is 24.7 Å². The van der Waals surface area contributed by atoms with E-state index in [0.717, 1.165) is 54.9 Å². The third-order valence-corrected chi connectivity index (χ3v) is 9.11. The van der Waals surface area contributed by atoms with Crippen LogP contribution in [0.3, 0.4) is 0 Å². The predicted octanol–water partition coefficient (Wildman–Crippen LogP) is 3.83. The van der Waals surface area contributed by atoms with Crippen LogP contribution in [0.1, 0.15) is 50.1 Å². The number of rotatable bonds is 5. The van der Waals surface area contributed by atoms with Crippen molar-refractivity contribution in [3.63, 3.8) is 0 Å². The zero-order valence-corrected chi connectivity index (χ0v) is 18.8. The molecule has 1 atom stereocenters. The van der Waals surface area contributed by atoms with Gasteiger partial charge in [-0.3, -0.25) is 0 Å². The molecule has 0 spiro atoms. The lowest BCUT2D eigenvalue weighted by atomic mass is 9.80.